The molecule has 29 heavy (non-hydrogen) atoms. The quantitative estimate of drug-likeness (QED) is 0.467. The number of amides is 1. The van der Waals surface area contributed by atoms with Gasteiger partial charge in [0.1, 0.15) is 33.2 Å². The molecule has 1 amide bonds. The summed E-state index contributed by atoms with van der Waals surface area (Å²) in [7, 11) is 3.18. The van der Waals surface area contributed by atoms with Crippen LogP contribution in [0.4, 0.5) is 5.13 Å². The van der Waals surface area contributed by atoms with Crippen LogP contribution in [0.15, 0.2) is 66.7 Å². The maximum absolute atomic E-state index is 12.7. The summed E-state index contributed by atoms with van der Waals surface area (Å²) in [5.41, 5.74) is 1.12. The molecule has 0 aliphatic heterocycles. The molecule has 146 valence electrons. The second-order valence-electron chi connectivity index (χ2n) is 6.06. The number of hydrogen-bond acceptors (Lipinski definition) is 6. The van der Waals surface area contributed by atoms with E-state index in [4.69, 9.17) is 14.2 Å². The number of ether oxygens (including phenoxy) is 3. The fourth-order valence-electron chi connectivity index (χ4n) is 2.83. The standard InChI is InChI=1S/C22H18N2O4S/c1-26-17-11-12-18(27-2)20-19(17)23-22(29-20)24-21(25)14-7-6-10-16(13-14)28-15-8-4-3-5-9-15/h3-13H,1-2H3,(H,23,24,25). The number of para-hydroxylation sites is 1. The Kier molecular flexibility index (Phi) is 5.31. The van der Waals surface area contributed by atoms with Crippen molar-refractivity contribution in [1.82, 2.24) is 4.98 Å². The van der Waals surface area contributed by atoms with E-state index in [-0.39, 0.29) is 5.91 Å². The summed E-state index contributed by atoms with van der Waals surface area (Å²) in [6, 6.07) is 20.0. The topological polar surface area (TPSA) is 69.7 Å². The van der Waals surface area contributed by atoms with Crippen LogP contribution >= 0.6 is 11.3 Å². The van der Waals surface area contributed by atoms with Gasteiger partial charge in [0.15, 0.2) is 5.13 Å². The molecular formula is C22H18N2O4S. The number of rotatable bonds is 6. The van der Waals surface area contributed by atoms with Crippen LogP contribution in [0.5, 0.6) is 23.0 Å². The molecule has 0 radical (unpaired) electrons. The summed E-state index contributed by atoms with van der Waals surface area (Å²) < 4.78 is 17.4. The second kappa shape index (κ2) is 8.20. The summed E-state index contributed by atoms with van der Waals surface area (Å²) in [6.45, 7) is 0. The van der Waals surface area contributed by atoms with Gasteiger partial charge in [0.25, 0.3) is 5.91 Å². The minimum atomic E-state index is -0.277. The smallest absolute Gasteiger partial charge is 0.257 e. The monoisotopic (exact) mass is 406 g/mol. The predicted molar refractivity (Wildman–Crippen MR) is 114 cm³/mol. The van der Waals surface area contributed by atoms with Gasteiger partial charge in [-0.05, 0) is 42.5 Å². The number of thiazole rings is 1. The van der Waals surface area contributed by atoms with E-state index in [0.717, 1.165) is 4.70 Å². The largest absolute Gasteiger partial charge is 0.495 e. The third-order valence-corrected chi connectivity index (χ3v) is 5.19. The molecule has 4 rings (SSSR count). The van der Waals surface area contributed by atoms with Gasteiger partial charge in [0, 0.05) is 5.56 Å². The molecule has 0 saturated heterocycles. The number of carbonyl (C=O) groups excluding carboxylic acids is 1. The van der Waals surface area contributed by atoms with Crippen molar-refractivity contribution in [3.8, 4) is 23.0 Å². The Labute approximate surface area is 171 Å². The number of carbonyl (C=O) groups is 1. The number of benzene rings is 3. The first-order valence-electron chi connectivity index (χ1n) is 8.84. The maximum Gasteiger partial charge on any atom is 0.257 e. The van der Waals surface area contributed by atoms with Crippen LogP contribution in [0, 0.1) is 0 Å². The zero-order valence-electron chi connectivity index (χ0n) is 15.8. The van der Waals surface area contributed by atoms with Crippen LogP contribution < -0.4 is 19.5 Å². The zero-order chi connectivity index (χ0) is 20.2. The maximum atomic E-state index is 12.7. The lowest BCUT2D eigenvalue weighted by Gasteiger charge is -2.07. The minimum absolute atomic E-state index is 0.277. The van der Waals surface area contributed by atoms with E-state index in [1.165, 1.54) is 11.3 Å². The molecule has 4 aromatic rings. The van der Waals surface area contributed by atoms with E-state index in [1.54, 1.807) is 44.6 Å². The molecule has 0 spiro atoms. The number of anilines is 1. The lowest BCUT2D eigenvalue weighted by molar-refractivity contribution is 0.102. The summed E-state index contributed by atoms with van der Waals surface area (Å²) in [6.07, 6.45) is 0. The number of nitrogens with one attached hydrogen (secondary N) is 1. The number of nitrogens with zero attached hydrogens (tertiary/aromatic N) is 1. The summed E-state index contributed by atoms with van der Waals surface area (Å²) >= 11 is 1.33. The Morgan fingerprint density at radius 3 is 2.38 bits per heavy atom. The van der Waals surface area contributed by atoms with Crippen LogP contribution in [0.3, 0.4) is 0 Å². The predicted octanol–water partition coefficient (Wildman–Crippen LogP) is 5.36. The second-order valence-corrected chi connectivity index (χ2v) is 7.06. The Bertz CT molecular complexity index is 1120. The molecule has 0 saturated carbocycles. The molecule has 1 N–H and O–H groups in total. The highest BCUT2D eigenvalue weighted by molar-refractivity contribution is 7.22. The molecule has 0 fully saturated rings. The highest BCUT2D eigenvalue weighted by Gasteiger charge is 2.16. The fourth-order valence-corrected chi connectivity index (χ4v) is 3.80. The Morgan fingerprint density at radius 2 is 1.62 bits per heavy atom. The summed E-state index contributed by atoms with van der Waals surface area (Å²) in [4.78, 5) is 17.2. The zero-order valence-corrected chi connectivity index (χ0v) is 16.7. The van der Waals surface area contributed by atoms with Crippen molar-refractivity contribution in [2.75, 3.05) is 19.5 Å². The van der Waals surface area contributed by atoms with Crippen molar-refractivity contribution in [2.45, 2.75) is 0 Å². The normalized spacial score (nSPS) is 10.6. The van der Waals surface area contributed by atoms with Crippen molar-refractivity contribution in [3.63, 3.8) is 0 Å². The van der Waals surface area contributed by atoms with E-state index in [1.807, 2.05) is 36.4 Å². The fraction of sp³-hybridized carbons (Fsp3) is 0.0909. The molecule has 0 bridgehead atoms. The lowest BCUT2D eigenvalue weighted by atomic mass is 10.2. The third kappa shape index (κ3) is 4.00. The third-order valence-electron chi connectivity index (χ3n) is 4.21. The van der Waals surface area contributed by atoms with Gasteiger partial charge in [0.2, 0.25) is 0 Å². The van der Waals surface area contributed by atoms with Crippen molar-refractivity contribution in [3.05, 3.63) is 72.3 Å². The van der Waals surface area contributed by atoms with Gasteiger partial charge >= 0.3 is 0 Å². The van der Waals surface area contributed by atoms with Crippen LogP contribution in [0.25, 0.3) is 10.2 Å². The average molecular weight is 406 g/mol. The van der Waals surface area contributed by atoms with Crippen molar-refractivity contribution >= 4 is 32.6 Å². The molecule has 1 heterocycles. The van der Waals surface area contributed by atoms with E-state index in [9.17, 15) is 4.79 Å². The van der Waals surface area contributed by atoms with Crippen LogP contribution in [-0.4, -0.2) is 25.1 Å². The average Bonchev–Trinajstić information content (AvgIpc) is 3.17. The molecule has 0 atom stereocenters. The summed E-state index contributed by atoms with van der Waals surface area (Å²) in [5.74, 6) is 2.31. The van der Waals surface area contributed by atoms with Gasteiger partial charge in [-0.3, -0.25) is 10.1 Å². The molecule has 6 nitrogen and oxygen atoms in total. The van der Waals surface area contributed by atoms with Crippen molar-refractivity contribution < 1.29 is 19.0 Å². The molecule has 0 aliphatic carbocycles. The SMILES string of the molecule is COc1ccc(OC)c2sc(NC(=O)c3cccc(Oc4ccccc4)c3)nc12. The number of methoxy groups -OCH3 is 2. The van der Waals surface area contributed by atoms with Gasteiger partial charge in [-0.25, -0.2) is 4.98 Å². The van der Waals surface area contributed by atoms with E-state index < -0.39 is 0 Å². The highest BCUT2D eigenvalue weighted by atomic mass is 32.1. The van der Waals surface area contributed by atoms with Gasteiger partial charge in [-0.2, -0.15) is 0 Å². The molecule has 1 aromatic heterocycles. The Balaban J connectivity index is 1.57. The Hall–Kier alpha value is -3.58. The number of hydrogen-bond donors (Lipinski definition) is 1. The molecule has 0 unspecified atom stereocenters. The van der Waals surface area contributed by atoms with E-state index in [2.05, 4.69) is 10.3 Å². The number of aromatic nitrogens is 1. The summed E-state index contributed by atoms with van der Waals surface area (Å²) in [5, 5.41) is 3.30. The first-order chi connectivity index (χ1) is 14.2. The molecule has 7 heteroatoms. The van der Waals surface area contributed by atoms with E-state index in [0.29, 0.717) is 39.2 Å². The minimum Gasteiger partial charge on any atom is -0.495 e. The Morgan fingerprint density at radius 1 is 0.897 bits per heavy atom. The van der Waals surface area contributed by atoms with Crippen LogP contribution in [0.2, 0.25) is 0 Å². The van der Waals surface area contributed by atoms with Gasteiger partial charge < -0.3 is 14.2 Å². The molecule has 3 aromatic carbocycles. The highest BCUT2D eigenvalue weighted by Crippen LogP contribution is 2.39. The first-order valence-corrected chi connectivity index (χ1v) is 9.65. The lowest BCUT2D eigenvalue weighted by Crippen LogP contribution is -2.11. The van der Waals surface area contributed by atoms with Crippen LogP contribution in [0.1, 0.15) is 10.4 Å². The van der Waals surface area contributed by atoms with Crippen LogP contribution in [-0.2, 0) is 0 Å². The number of fused-ring (bicyclic) bond motifs is 1. The molecule has 0 aliphatic rings. The van der Waals surface area contributed by atoms with Gasteiger partial charge in [0.05, 0.1) is 14.2 Å². The van der Waals surface area contributed by atoms with Crippen molar-refractivity contribution in [2.24, 2.45) is 0 Å². The molecular weight excluding hydrogens is 388 g/mol. The first kappa shape index (κ1) is 18.8. The van der Waals surface area contributed by atoms with E-state index >= 15 is 0 Å². The van der Waals surface area contributed by atoms with Crippen molar-refractivity contribution in [1.29, 1.82) is 0 Å². The van der Waals surface area contributed by atoms with Gasteiger partial charge in [-0.1, -0.05) is 35.6 Å². The van der Waals surface area contributed by atoms with Gasteiger partial charge in [-0.15, -0.1) is 0 Å².